The average Bonchev–Trinajstić information content (AvgIpc) is 3.42. The number of hydrogen-bond donors (Lipinski definition) is 0. The van der Waals surface area contributed by atoms with Crippen LogP contribution in [0.1, 0.15) is 24.2 Å². The number of ether oxygens (including phenoxy) is 1. The molecule has 4 atom stereocenters. The smallest absolute Gasteiger partial charge is 0.331 e. The SMILES string of the molecule is CC1(Cn2ccnn2)SC2C(Br)C(=O)N2C1C(=O)OC(c1ccccc1)c1ccccc1. The first-order valence-electron chi connectivity index (χ1n) is 10.3. The first-order chi connectivity index (χ1) is 15.5. The van der Waals surface area contributed by atoms with Crippen LogP contribution in [0.5, 0.6) is 0 Å². The minimum Gasteiger partial charge on any atom is -0.451 e. The molecule has 0 saturated carbocycles. The number of hydrogen-bond acceptors (Lipinski definition) is 6. The van der Waals surface area contributed by atoms with Crippen molar-refractivity contribution in [3.63, 3.8) is 0 Å². The van der Waals surface area contributed by atoms with Crippen LogP contribution in [0.25, 0.3) is 0 Å². The van der Waals surface area contributed by atoms with Crippen LogP contribution in [0.15, 0.2) is 73.1 Å². The van der Waals surface area contributed by atoms with E-state index >= 15 is 0 Å². The van der Waals surface area contributed by atoms with Crippen molar-refractivity contribution < 1.29 is 14.3 Å². The van der Waals surface area contributed by atoms with Gasteiger partial charge in [0.2, 0.25) is 5.91 Å². The number of nitrogens with zero attached hydrogens (tertiary/aromatic N) is 4. The topological polar surface area (TPSA) is 77.3 Å². The van der Waals surface area contributed by atoms with Crippen LogP contribution in [0.2, 0.25) is 0 Å². The Labute approximate surface area is 198 Å². The minimum atomic E-state index is -0.738. The molecule has 2 saturated heterocycles. The molecule has 0 spiro atoms. The Kier molecular flexibility index (Phi) is 5.54. The molecule has 3 heterocycles. The lowest BCUT2D eigenvalue weighted by Gasteiger charge is -2.41. The number of β-lactam (4-membered cyclic amide) rings is 1. The number of alkyl halides is 1. The molecule has 1 amide bonds. The van der Waals surface area contributed by atoms with Gasteiger partial charge < -0.3 is 9.64 Å². The molecule has 0 N–H and O–H groups in total. The minimum absolute atomic E-state index is 0.0947. The second-order valence-electron chi connectivity index (χ2n) is 8.11. The van der Waals surface area contributed by atoms with E-state index in [4.69, 9.17) is 4.74 Å². The van der Waals surface area contributed by atoms with Gasteiger partial charge in [-0.15, -0.1) is 16.9 Å². The van der Waals surface area contributed by atoms with Crippen LogP contribution >= 0.6 is 27.7 Å². The highest BCUT2D eigenvalue weighted by Gasteiger charge is 2.65. The van der Waals surface area contributed by atoms with Crippen molar-refractivity contribution in [3.05, 3.63) is 84.2 Å². The maximum Gasteiger partial charge on any atom is 0.331 e. The summed E-state index contributed by atoms with van der Waals surface area (Å²) < 4.78 is 7.22. The van der Waals surface area contributed by atoms with E-state index in [9.17, 15) is 9.59 Å². The first kappa shape index (κ1) is 21.2. The molecule has 2 fully saturated rings. The summed E-state index contributed by atoms with van der Waals surface area (Å²) in [5.41, 5.74) is 1.75. The fourth-order valence-electron chi connectivity index (χ4n) is 4.36. The lowest BCUT2D eigenvalue weighted by molar-refractivity contribution is -0.163. The third-order valence-corrected chi connectivity index (χ3v) is 8.75. The van der Waals surface area contributed by atoms with Crippen LogP contribution in [-0.4, -0.2) is 52.8 Å². The monoisotopic (exact) mass is 512 g/mol. The summed E-state index contributed by atoms with van der Waals surface area (Å²) in [5.74, 6) is -0.518. The molecule has 0 aliphatic carbocycles. The van der Waals surface area contributed by atoms with Gasteiger partial charge in [0.15, 0.2) is 6.10 Å². The van der Waals surface area contributed by atoms with Crippen molar-refractivity contribution in [2.24, 2.45) is 0 Å². The lowest BCUT2D eigenvalue weighted by Crippen LogP contribution is -2.64. The van der Waals surface area contributed by atoms with E-state index in [-0.39, 0.29) is 16.1 Å². The van der Waals surface area contributed by atoms with Gasteiger partial charge in [0.25, 0.3) is 0 Å². The molecule has 2 aliphatic rings. The molecule has 5 rings (SSSR count). The van der Waals surface area contributed by atoms with E-state index in [0.717, 1.165) is 11.1 Å². The highest BCUT2D eigenvalue weighted by Crippen LogP contribution is 2.54. The average molecular weight is 513 g/mol. The zero-order chi connectivity index (χ0) is 22.3. The third-order valence-electron chi connectivity index (χ3n) is 5.87. The Morgan fingerprint density at radius 1 is 1.16 bits per heavy atom. The number of amides is 1. The Hall–Kier alpha value is -2.65. The van der Waals surface area contributed by atoms with Crippen molar-refractivity contribution >= 4 is 39.6 Å². The molecule has 2 aromatic carbocycles. The zero-order valence-corrected chi connectivity index (χ0v) is 19.6. The maximum absolute atomic E-state index is 13.7. The molecular formula is C23H21BrN4O3S. The number of benzene rings is 2. The van der Waals surface area contributed by atoms with E-state index in [0.29, 0.717) is 6.54 Å². The third kappa shape index (κ3) is 3.63. The predicted molar refractivity (Wildman–Crippen MR) is 124 cm³/mol. The Balaban J connectivity index is 1.48. The quantitative estimate of drug-likeness (QED) is 0.286. The number of rotatable bonds is 6. The van der Waals surface area contributed by atoms with E-state index in [1.165, 1.54) is 0 Å². The molecule has 0 bridgehead atoms. The van der Waals surface area contributed by atoms with Crippen LogP contribution in [0, 0.1) is 0 Å². The number of carbonyl (C=O) groups is 2. The normalized spacial score (nSPS) is 26.7. The van der Waals surface area contributed by atoms with Gasteiger partial charge in [-0.25, -0.2) is 4.79 Å². The number of halogens is 1. The van der Waals surface area contributed by atoms with Crippen LogP contribution in [0.4, 0.5) is 0 Å². The first-order valence-corrected chi connectivity index (χ1v) is 12.1. The van der Waals surface area contributed by atoms with Gasteiger partial charge in [-0.3, -0.25) is 9.48 Å². The summed E-state index contributed by atoms with van der Waals surface area (Å²) in [7, 11) is 0. The summed E-state index contributed by atoms with van der Waals surface area (Å²) >= 11 is 5.06. The highest BCUT2D eigenvalue weighted by molar-refractivity contribution is 9.10. The van der Waals surface area contributed by atoms with Gasteiger partial charge in [-0.05, 0) is 18.1 Å². The summed E-state index contributed by atoms with van der Waals surface area (Å²) in [6.07, 6.45) is 2.79. The van der Waals surface area contributed by atoms with Gasteiger partial charge in [0.05, 0.1) is 17.5 Å². The van der Waals surface area contributed by atoms with E-state index in [1.54, 1.807) is 33.7 Å². The van der Waals surface area contributed by atoms with Gasteiger partial charge in [-0.1, -0.05) is 81.8 Å². The molecule has 4 unspecified atom stereocenters. The second-order valence-corrected chi connectivity index (χ2v) is 10.7. The van der Waals surface area contributed by atoms with Crippen molar-refractivity contribution in [2.45, 2.75) is 40.6 Å². The summed E-state index contributed by atoms with van der Waals surface area (Å²) in [5, 5.41) is 7.82. The van der Waals surface area contributed by atoms with Gasteiger partial charge >= 0.3 is 5.97 Å². The molecule has 164 valence electrons. The van der Waals surface area contributed by atoms with Crippen molar-refractivity contribution in [1.29, 1.82) is 0 Å². The molecular weight excluding hydrogens is 492 g/mol. The Morgan fingerprint density at radius 3 is 2.34 bits per heavy atom. The number of fused-ring (bicyclic) bond motifs is 1. The van der Waals surface area contributed by atoms with Crippen molar-refractivity contribution in [3.8, 4) is 0 Å². The van der Waals surface area contributed by atoms with Crippen molar-refractivity contribution in [1.82, 2.24) is 19.9 Å². The number of aromatic nitrogens is 3. The number of thioether (sulfide) groups is 1. The van der Waals surface area contributed by atoms with E-state index in [2.05, 4.69) is 26.2 Å². The zero-order valence-electron chi connectivity index (χ0n) is 17.2. The maximum atomic E-state index is 13.7. The molecule has 3 aromatic rings. The fourth-order valence-corrected chi connectivity index (χ4v) is 6.85. The molecule has 32 heavy (non-hydrogen) atoms. The highest BCUT2D eigenvalue weighted by atomic mass is 79.9. The van der Waals surface area contributed by atoms with Crippen LogP contribution in [-0.2, 0) is 20.9 Å². The molecule has 2 aliphatic heterocycles. The summed E-state index contributed by atoms with van der Waals surface area (Å²) in [6.45, 7) is 2.41. The summed E-state index contributed by atoms with van der Waals surface area (Å²) in [4.78, 5) is 27.7. The number of esters is 1. The number of carbonyl (C=O) groups excluding carboxylic acids is 2. The van der Waals surface area contributed by atoms with Gasteiger partial charge in [-0.2, -0.15) is 0 Å². The molecule has 9 heteroatoms. The molecule has 7 nitrogen and oxygen atoms in total. The van der Waals surface area contributed by atoms with Crippen molar-refractivity contribution in [2.75, 3.05) is 0 Å². The Bertz CT molecular complexity index is 1080. The Morgan fingerprint density at radius 2 is 1.78 bits per heavy atom. The van der Waals surface area contributed by atoms with Gasteiger partial charge in [0.1, 0.15) is 16.2 Å². The van der Waals surface area contributed by atoms with Crippen LogP contribution < -0.4 is 0 Å². The largest absolute Gasteiger partial charge is 0.451 e. The van der Waals surface area contributed by atoms with Gasteiger partial charge in [0, 0.05) is 6.20 Å². The lowest BCUT2D eigenvalue weighted by atomic mass is 9.95. The fraction of sp³-hybridized carbons (Fsp3) is 0.304. The second kappa shape index (κ2) is 8.37. The standard InChI is InChI=1S/C23H21BrN4O3S/c1-23(14-27-13-12-25-26-27)19(28-20(29)17(24)21(28)32-23)22(30)31-18(15-8-4-2-5-9-15)16-10-6-3-7-11-16/h2-13,17-19,21H,14H2,1H3. The predicted octanol–water partition coefficient (Wildman–Crippen LogP) is 3.42. The molecule has 0 radical (unpaired) electrons. The van der Waals surface area contributed by atoms with E-state index in [1.807, 2.05) is 67.6 Å². The van der Waals surface area contributed by atoms with E-state index < -0.39 is 22.9 Å². The molecule has 1 aromatic heterocycles. The van der Waals surface area contributed by atoms with Crippen LogP contribution in [0.3, 0.4) is 0 Å². The summed E-state index contributed by atoms with van der Waals surface area (Å²) in [6, 6.07) is 18.6.